The molecular weight excluding hydrogens is 564 g/mol. The number of carbonyl (C=O) groups excluding carboxylic acids is 1. The number of nitrogens with one attached hydrogen (secondary N) is 2. The van der Waals surface area contributed by atoms with Crippen molar-refractivity contribution in [3.8, 4) is 17.6 Å². The van der Waals surface area contributed by atoms with Crippen LogP contribution < -0.4 is 20.5 Å². The molecule has 218 valence electrons. The van der Waals surface area contributed by atoms with Crippen LogP contribution in [0.2, 0.25) is 0 Å². The van der Waals surface area contributed by atoms with E-state index in [4.69, 9.17) is 19.3 Å². The molecule has 4 N–H and O–H groups in total. The van der Waals surface area contributed by atoms with E-state index in [0.29, 0.717) is 37.2 Å². The molecule has 5 rings (SSSR count). The Kier molecular flexibility index (Phi) is 8.89. The summed E-state index contributed by atoms with van der Waals surface area (Å²) in [5.41, 5.74) is 3.00. The van der Waals surface area contributed by atoms with E-state index in [9.17, 15) is 13.2 Å². The highest BCUT2D eigenvalue weighted by Gasteiger charge is 2.29. The highest BCUT2D eigenvalue weighted by Crippen LogP contribution is 2.37. The first-order chi connectivity index (χ1) is 19.7. The molecule has 0 bridgehead atoms. The number of nitrogens with zero attached hydrogens (tertiary/aromatic N) is 1. The summed E-state index contributed by atoms with van der Waals surface area (Å²) in [7, 11) is -2.34. The fourth-order valence-electron chi connectivity index (χ4n) is 5.22. The molecule has 0 amide bonds. The number of primary sulfonamides is 1. The molecule has 0 radical (unpaired) electrons. The number of anilines is 2. The van der Waals surface area contributed by atoms with Crippen molar-refractivity contribution in [2.24, 2.45) is 5.14 Å². The smallest absolute Gasteiger partial charge is 0.495 e. The second kappa shape index (κ2) is 12.6. The van der Waals surface area contributed by atoms with Crippen LogP contribution in [0.1, 0.15) is 30.2 Å². The van der Waals surface area contributed by atoms with E-state index < -0.39 is 16.2 Å². The second-order valence-electron chi connectivity index (χ2n) is 10.0. The SMILES string of the molecule is CCc1c(C#CCNc2ccc(S(N)(=O)=O)cc2OC)sc2c(NC3CCN(CC4COC(=O)O4)CC3)cccc12. The average Bonchev–Trinajstić information content (AvgIpc) is 3.54. The number of rotatable bonds is 9. The molecule has 2 saturated heterocycles. The molecular formula is C29H34N4O6S2. The molecule has 1 atom stereocenters. The number of likely N-dealkylation sites (tertiary alicyclic amines) is 1. The van der Waals surface area contributed by atoms with Gasteiger partial charge < -0.3 is 24.8 Å². The van der Waals surface area contributed by atoms with Crippen LogP contribution >= 0.6 is 11.3 Å². The Balaban J connectivity index is 1.24. The van der Waals surface area contributed by atoms with Gasteiger partial charge in [-0.25, -0.2) is 18.4 Å². The van der Waals surface area contributed by atoms with E-state index in [-0.39, 0.29) is 11.0 Å². The third-order valence-corrected chi connectivity index (χ3v) is 9.41. The number of aryl methyl sites for hydroxylation is 1. The zero-order valence-electron chi connectivity index (χ0n) is 23.1. The number of ether oxygens (including phenoxy) is 3. The summed E-state index contributed by atoms with van der Waals surface area (Å²) >= 11 is 1.70. The maximum Gasteiger partial charge on any atom is 0.508 e. The van der Waals surface area contributed by atoms with Gasteiger partial charge in [-0.05, 0) is 48.4 Å². The van der Waals surface area contributed by atoms with E-state index in [2.05, 4.69) is 52.5 Å². The van der Waals surface area contributed by atoms with Crippen molar-refractivity contribution in [1.82, 2.24) is 4.90 Å². The number of piperidine rings is 1. The quantitative estimate of drug-likeness (QED) is 0.247. The molecule has 0 spiro atoms. The predicted molar refractivity (Wildman–Crippen MR) is 160 cm³/mol. The molecule has 10 nitrogen and oxygen atoms in total. The minimum Gasteiger partial charge on any atom is -0.495 e. The van der Waals surface area contributed by atoms with Crippen LogP contribution in [0.4, 0.5) is 16.2 Å². The van der Waals surface area contributed by atoms with Crippen LogP contribution in [0, 0.1) is 11.8 Å². The fourth-order valence-corrected chi connectivity index (χ4v) is 6.99. The Morgan fingerprint density at radius 1 is 1.20 bits per heavy atom. The summed E-state index contributed by atoms with van der Waals surface area (Å²) in [4.78, 5) is 14.6. The lowest BCUT2D eigenvalue weighted by Crippen LogP contribution is -2.43. The molecule has 2 aliphatic heterocycles. The van der Waals surface area contributed by atoms with Crippen LogP contribution in [-0.4, -0.2) is 71.5 Å². The molecule has 3 heterocycles. The number of hydrogen-bond acceptors (Lipinski definition) is 10. The van der Waals surface area contributed by atoms with Crippen molar-refractivity contribution < 1.29 is 27.4 Å². The van der Waals surface area contributed by atoms with Crippen LogP contribution in [0.5, 0.6) is 5.75 Å². The van der Waals surface area contributed by atoms with Crippen molar-refractivity contribution in [2.45, 2.75) is 43.2 Å². The fraction of sp³-hybridized carbons (Fsp3) is 0.414. The number of sulfonamides is 1. The largest absolute Gasteiger partial charge is 0.508 e. The first-order valence-electron chi connectivity index (χ1n) is 13.6. The Morgan fingerprint density at radius 3 is 2.68 bits per heavy atom. The van der Waals surface area contributed by atoms with Crippen molar-refractivity contribution in [3.63, 3.8) is 0 Å². The van der Waals surface area contributed by atoms with Crippen molar-refractivity contribution in [1.29, 1.82) is 0 Å². The average molecular weight is 599 g/mol. The normalized spacial score (nSPS) is 17.9. The number of cyclic esters (lactones) is 2. The molecule has 41 heavy (non-hydrogen) atoms. The minimum absolute atomic E-state index is 0.00900. The minimum atomic E-state index is -3.82. The van der Waals surface area contributed by atoms with Crippen LogP contribution in [0.25, 0.3) is 10.1 Å². The summed E-state index contributed by atoms with van der Waals surface area (Å²) in [6.45, 7) is 5.42. The van der Waals surface area contributed by atoms with Crippen molar-refractivity contribution in [3.05, 3.63) is 46.8 Å². The van der Waals surface area contributed by atoms with Crippen LogP contribution in [0.3, 0.4) is 0 Å². The van der Waals surface area contributed by atoms with Gasteiger partial charge in [-0.2, -0.15) is 0 Å². The Labute approximate surface area is 244 Å². The Bertz CT molecular complexity index is 1590. The van der Waals surface area contributed by atoms with Gasteiger partial charge in [0.15, 0.2) is 6.10 Å². The highest BCUT2D eigenvalue weighted by atomic mass is 32.2. The number of fused-ring (bicyclic) bond motifs is 1. The summed E-state index contributed by atoms with van der Waals surface area (Å²) in [5, 5.41) is 13.4. The third-order valence-electron chi connectivity index (χ3n) is 7.30. The van der Waals surface area contributed by atoms with Crippen molar-refractivity contribution in [2.75, 3.05) is 50.5 Å². The lowest BCUT2D eigenvalue weighted by Gasteiger charge is -2.33. The van der Waals surface area contributed by atoms with E-state index in [1.807, 2.05) is 0 Å². The predicted octanol–water partition coefficient (Wildman–Crippen LogP) is 4.00. The zero-order valence-corrected chi connectivity index (χ0v) is 24.7. The third kappa shape index (κ3) is 6.87. The maximum atomic E-state index is 11.6. The van der Waals surface area contributed by atoms with Crippen molar-refractivity contribution >= 4 is 49.0 Å². The Morgan fingerprint density at radius 2 is 2.00 bits per heavy atom. The Hall–Kier alpha value is -3.50. The number of benzene rings is 2. The van der Waals surface area contributed by atoms with Gasteiger partial charge in [-0.15, -0.1) is 11.3 Å². The summed E-state index contributed by atoms with van der Waals surface area (Å²) in [6.07, 6.45) is 2.14. The van der Waals surface area contributed by atoms with Gasteiger partial charge in [0, 0.05) is 31.7 Å². The zero-order chi connectivity index (χ0) is 29.0. The lowest BCUT2D eigenvalue weighted by molar-refractivity contribution is 0.0945. The van der Waals surface area contributed by atoms with E-state index >= 15 is 0 Å². The van der Waals surface area contributed by atoms with Gasteiger partial charge in [0.25, 0.3) is 0 Å². The monoisotopic (exact) mass is 598 g/mol. The highest BCUT2D eigenvalue weighted by molar-refractivity contribution is 7.89. The van der Waals surface area contributed by atoms with Gasteiger partial charge >= 0.3 is 6.16 Å². The molecule has 2 aliphatic rings. The lowest BCUT2D eigenvalue weighted by atomic mass is 10.0. The number of thiophene rings is 1. The number of methoxy groups -OCH3 is 1. The van der Waals surface area contributed by atoms with E-state index in [1.165, 1.54) is 34.9 Å². The van der Waals surface area contributed by atoms with Gasteiger partial charge in [0.1, 0.15) is 12.4 Å². The van der Waals surface area contributed by atoms with Gasteiger partial charge in [-0.3, -0.25) is 4.90 Å². The van der Waals surface area contributed by atoms with E-state index in [0.717, 1.165) is 42.9 Å². The first kappa shape index (κ1) is 29.0. The summed E-state index contributed by atoms with van der Waals surface area (Å²) in [5.74, 6) is 6.93. The molecule has 2 aromatic carbocycles. The number of hydrogen-bond donors (Lipinski definition) is 3. The first-order valence-corrected chi connectivity index (χ1v) is 15.9. The van der Waals surface area contributed by atoms with Crippen LogP contribution in [-0.2, 0) is 25.9 Å². The van der Waals surface area contributed by atoms with Gasteiger partial charge in [-0.1, -0.05) is 30.9 Å². The standard InChI is InChI=1S/C29H34N4O6S2/c1-3-22-23-6-4-7-25(32-19-11-14-33(15-12-19)17-20-18-38-29(34)39-20)28(23)40-27(22)8-5-13-31-24-10-9-21(41(30,35)36)16-26(24)37-2/h4,6-7,9-10,16,19-20,31-32H,3,11-15,17-18H2,1-2H3,(H2,30,35,36). The molecule has 0 aliphatic carbocycles. The molecule has 1 unspecified atom stereocenters. The van der Waals surface area contributed by atoms with Gasteiger partial charge in [0.05, 0.1) is 39.5 Å². The molecule has 12 heteroatoms. The van der Waals surface area contributed by atoms with Crippen LogP contribution in [0.15, 0.2) is 41.3 Å². The molecule has 1 aromatic heterocycles. The number of nitrogens with two attached hydrogens (primary N) is 1. The second-order valence-corrected chi connectivity index (χ2v) is 12.6. The topological polar surface area (TPSA) is 132 Å². The molecule has 0 saturated carbocycles. The summed E-state index contributed by atoms with van der Waals surface area (Å²) < 4.78 is 39.9. The molecule has 2 fully saturated rings. The number of carbonyl (C=O) groups is 1. The van der Waals surface area contributed by atoms with Gasteiger partial charge in [0.2, 0.25) is 10.0 Å². The maximum absolute atomic E-state index is 11.6. The molecule has 3 aromatic rings. The van der Waals surface area contributed by atoms with E-state index in [1.54, 1.807) is 17.4 Å². The summed E-state index contributed by atoms with van der Waals surface area (Å²) in [6, 6.07) is 11.2.